The molecular formula is C14H15F3N2OS. The summed E-state index contributed by atoms with van der Waals surface area (Å²) in [6, 6.07) is 5.78. The maximum absolute atomic E-state index is 12.6. The normalized spacial score (nSPS) is 13.3. The smallest absolute Gasteiger partial charge is 0.314 e. The number of halogens is 3. The van der Waals surface area contributed by atoms with Crippen LogP contribution in [0.1, 0.15) is 23.4 Å². The molecule has 2 aromatic heterocycles. The van der Waals surface area contributed by atoms with Gasteiger partial charge in [-0.05, 0) is 24.4 Å². The van der Waals surface area contributed by atoms with E-state index < -0.39 is 17.3 Å². The molecule has 1 unspecified atom stereocenters. The summed E-state index contributed by atoms with van der Waals surface area (Å²) in [6.45, 7) is 2.58. The van der Waals surface area contributed by atoms with Crippen LogP contribution in [0.15, 0.2) is 40.6 Å². The van der Waals surface area contributed by atoms with E-state index in [-0.39, 0.29) is 12.6 Å². The number of rotatable bonds is 5. The third kappa shape index (κ3) is 4.18. The average molecular weight is 316 g/mol. The summed E-state index contributed by atoms with van der Waals surface area (Å²) in [5.74, 6) is 0. The van der Waals surface area contributed by atoms with Crippen LogP contribution in [0.3, 0.4) is 0 Å². The van der Waals surface area contributed by atoms with Gasteiger partial charge in [0.25, 0.3) is 5.56 Å². The largest absolute Gasteiger partial charge is 0.417 e. The van der Waals surface area contributed by atoms with Gasteiger partial charge in [-0.25, -0.2) is 0 Å². The van der Waals surface area contributed by atoms with Gasteiger partial charge in [0.2, 0.25) is 0 Å². The molecule has 0 aliphatic rings. The van der Waals surface area contributed by atoms with Gasteiger partial charge in [0.05, 0.1) is 5.56 Å². The van der Waals surface area contributed by atoms with Crippen LogP contribution in [0.4, 0.5) is 13.2 Å². The Bertz CT molecular complexity index is 634. The molecule has 0 bridgehead atoms. The van der Waals surface area contributed by atoms with Gasteiger partial charge in [0.15, 0.2) is 0 Å². The average Bonchev–Trinajstić information content (AvgIpc) is 2.93. The molecule has 7 heteroatoms. The first-order valence-electron chi connectivity index (χ1n) is 6.42. The van der Waals surface area contributed by atoms with Crippen molar-refractivity contribution in [2.75, 3.05) is 6.54 Å². The molecule has 114 valence electrons. The fourth-order valence-corrected chi connectivity index (χ4v) is 2.67. The van der Waals surface area contributed by atoms with Gasteiger partial charge >= 0.3 is 6.18 Å². The third-order valence-corrected chi connectivity index (χ3v) is 4.14. The van der Waals surface area contributed by atoms with E-state index in [9.17, 15) is 18.0 Å². The van der Waals surface area contributed by atoms with Gasteiger partial charge in [0, 0.05) is 36.3 Å². The molecule has 3 nitrogen and oxygen atoms in total. The summed E-state index contributed by atoms with van der Waals surface area (Å²) in [5.41, 5.74) is -1.25. The van der Waals surface area contributed by atoms with Crippen LogP contribution < -0.4 is 10.9 Å². The zero-order valence-electron chi connectivity index (χ0n) is 11.4. The van der Waals surface area contributed by atoms with Crippen molar-refractivity contribution in [3.05, 3.63) is 56.6 Å². The van der Waals surface area contributed by atoms with Crippen molar-refractivity contribution >= 4 is 11.3 Å². The first-order valence-corrected chi connectivity index (χ1v) is 7.30. The minimum absolute atomic E-state index is 0.103. The highest BCUT2D eigenvalue weighted by Crippen LogP contribution is 2.28. The molecule has 0 aliphatic heterocycles. The van der Waals surface area contributed by atoms with Crippen molar-refractivity contribution in [1.29, 1.82) is 0 Å². The first kappa shape index (κ1) is 15.8. The maximum Gasteiger partial charge on any atom is 0.417 e. The van der Waals surface area contributed by atoms with E-state index in [1.165, 1.54) is 0 Å². The number of nitrogens with zero attached hydrogens (tertiary/aromatic N) is 1. The maximum atomic E-state index is 12.6. The summed E-state index contributed by atoms with van der Waals surface area (Å²) >= 11 is 1.61. The van der Waals surface area contributed by atoms with Crippen LogP contribution in [0.2, 0.25) is 0 Å². The first-order chi connectivity index (χ1) is 9.88. The quantitative estimate of drug-likeness (QED) is 0.918. The lowest BCUT2D eigenvalue weighted by molar-refractivity contribution is -0.138. The standard InChI is InChI=1S/C14H15F3N2OS/c1-10(12-3-2-8-21-12)18-6-7-19-9-11(14(15,16)17)4-5-13(19)20/h2-5,8-10,18H,6-7H2,1H3. The molecule has 0 saturated heterocycles. The Hall–Kier alpha value is -1.60. The van der Waals surface area contributed by atoms with E-state index >= 15 is 0 Å². The summed E-state index contributed by atoms with van der Waals surface area (Å²) in [7, 11) is 0. The predicted octanol–water partition coefficient (Wildman–Crippen LogP) is 3.28. The summed E-state index contributed by atoms with van der Waals surface area (Å²) < 4.78 is 38.9. The Balaban J connectivity index is 1.98. The molecular weight excluding hydrogens is 301 g/mol. The fraction of sp³-hybridized carbons (Fsp3) is 0.357. The minimum Gasteiger partial charge on any atom is -0.314 e. The van der Waals surface area contributed by atoms with Crippen LogP contribution in [0, 0.1) is 0 Å². The van der Waals surface area contributed by atoms with Gasteiger partial charge in [-0.15, -0.1) is 11.3 Å². The molecule has 0 radical (unpaired) electrons. The van der Waals surface area contributed by atoms with Crippen molar-refractivity contribution in [1.82, 2.24) is 9.88 Å². The van der Waals surface area contributed by atoms with Gasteiger partial charge < -0.3 is 9.88 Å². The zero-order chi connectivity index (χ0) is 15.5. The van der Waals surface area contributed by atoms with Crippen molar-refractivity contribution < 1.29 is 13.2 Å². The predicted molar refractivity (Wildman–Crippen MR) is 76.4 cm³/mol. The number of alkyl halides is 3. The van der Waals surface area contributed by atoms with E-state index in [1.54, 1.807) is 11.3 Å². The van der Waals surface area contributed by atoms with E-state index in [1.807, 2.05) is 24.4 Å². The molecule has 2 aromatic rings. The Morgan fingerprint density at radius 2 is 2.10 bits per heavy atom. The monoisotopic (exact) mass is 316 g/mol. The number of thiophene rings is 1. The number of pyridine rings is 1. The van der Waals surface area contributed by atoms with Gasteiger partial charge in [-0.2, -0.15) is 13.2 Å². The zero-order valence-corrected chi connectivity index (χ0v) is 12.2. The molecule has 0 spiro atoms. The highest BCUT2D eigenvalue weighted by molar-refractivity contribution is 7.10. The summed E-state index contributed by atoms with van der Waals surface area (Å²) in [6.07, 6.45) is -3.58. The van der Waals surface area contributed by atoms with E-state index in [2.05, 4.69) is 5.32 Å². The topological polar surface area (TPSA) is 34.0 Å². The molecule has 2 rings (SSSR count). The lowest BCUT2D eigenvalue weighted by atomic mass is 10.2. The molecule has 0 aromatic carbocycles. The lowest BCUT2D eigenvalue weighted by Gasteiger charge is -2.14. The van der Waals surface area contributed by atoms with Crippen LogP contribution in [0.5, 0.6) is 0 Å². The lowest BCUT2D eigenvalue weighted by Crippen LogP contribution is -2.28. The van der Waals surface area contributed by atoms with Crippen LogP contribution in [0.25, 0.3) is 0 Å². The van der Waals surface area contributed by atoms with Crippen molar-refractivity contribution in [2.45, 2.75) is 25.7 Å². The molecule has 21 heavy (non-hydrogen) atoms. The van der Waals surface area contributed by atoms with Gasteiger partial charge in [0.1, 0.15) is 0 Å². The fourth-order valence-electron chi connectivity index (χ4n) is 1.91. The van der Waals surface area contributed by atoms with Crippen molar-refractivity contribution in [2.24, 2.45) is 0 Å². The number of nitrogens with one attached hydrogen (secondary N) is 1. The highest BCUT2D eigenvalue weighted by Gasteiger charge is 2.30. The third-order valence-electron chi connectivity index (χ3n) is 3.08. The van der Waals surface area contributed by atoms with E-state index in [4.69, 9.17) is 0 Å². The molecule has 0 saturated carbocycles. The van der Waals surface area contributed by atoms with Gasteiger partial charge in [-0.1, -0.05) is 6.07 Å². The van der Waals surface area contributed by atoms with Crippen molar-refractivity contribution in [3.63, 3.8) is 0 Å². The second-order valence-corrected chi connectivity index (χ2v) is 5.62. The molecule has 0 amide bonds. The molecule has 0 aliphatic carbocycles. The number of hydrogen-bond acceptors (Lipinski definition) is 3. The van der Waals surface area contributed by atoms with E-state index in [0.717, 1.165) is 27.8 Å². The number of hydrogen-bond donors (Lipinski definition) is 1. The van der Waals surface area contributed by atoms with Crippen LogP contribution >= 0.6 is 11.3 Å². The second-order valence-electron chi connectivity index (χ2n) is 4.64. The van der Waals surface area contributed by atoms with E-state index in [0.29, 0.717) is 6.54 Å². The SMILES string of the molecule is CC(NCCn1cc(C(F)(F)F)ccc1=O)c1cccs1. The molecule has 0 fully saturated rings. The minimum atomic E-state index is -4.44. The van der Waals surface area contributed by atoms with Crippen LogP contribution in [-0.4, -0.2) is 11.1 Å². The van der Waals surface area contributed by atoms with Crippen molar-refractivity contribution in [3.8, 4) is 0 Å². The highest BCUT2D eigenvalue weighted by atomic mass is 32.1. The Labute approximate surface area is 124 Å². The Morgan fingerprint density at radius 1 is 1.33 bits per heavy atom. The van der Waals surface area contributed by atoms with Crippen LogP contribution in [-0.2, 0) is 12.7 Å². The summed E-state index contributed by atoms with van der Waals surface area (Å²) in [4.78, 5) is 12.7. The number of aromatic nitrogens is 1. The Kier molecular flexibility index (Phi) is 4.84. The van der Waals surface area contributed by atoms with Gasteiger partial charge in [-0.3, -0.25) is 4.79 Å². The molecule has 2 heterocycles. The Morgan fingerprint density at radius 3 is 2.71 bits per heavy atom. The second kappa shape index (κ2) is 6.44. The molecule has 1 N–H and O–H groups in total. The molecule has 1 atom stereocenters. The summed E-state index contributed by atoms with van der Waals surface area (Å²) in [5, 5.41) is 5.15.